The maximum atomic E-state index is 4.09. The molecular weight excluding hydrogens is 241 g/mol. The fourth-order valence-electron chi connectivity index (χ4n) is 1.43. The highest BCUT2D eigenvalue weighted by Gasteiger charge is 2.09. The highest BCUT2D eigenvalue weighted by Crippen LogP contribution is 2.06. The third-order valence-electron chi connectivity index (χ3n) is 2.10. The van der Waals surface area contributed by atoms with Gasteiger partial charge >= 0.3 is 0 Å². The molecule has 1 aliphatic rings. The Balaban J connectivity index is 0.000000845. The zero-order valence-electron chi connectivity index (χ0n) is 7.81. The molecule has 0 aromatic carbocycles. The minimum atomic E-state index is 0. The van der Waals surface area contributed by atoms with Gasteiger partial charge in [0.15, 0.2) is 0 Å². The third kappa shape index (κ3) is 4.11. The largest absolute Gasteiger partial charge is 0.314 e. The van der Waals surface area contributed by atoms with Crippen molar-refractivity contribution in [1.29, 1.82) is 0 Å². The summed E-state index contributed by atoms with van der Waals surface area (Å²) in [5, 5.41) is 5.47. The number of piperazine rings is 1. The fraction of sp³-hybridized carbons (Fsp3) is 0.625. The zero-order valence-corrected chi connectivity index (χ0v) is 10.3. The second-order valence-corrected chi connectivity index (χ2v) is 3.72. The highest BCUT2D eigenvalue weighted by molar-refractivity contribution is 7.03. The summed E-state index contributed by atoms with van der Waals surface area (Å²) in [5.74, 6) is 0. The van der Waals surface area contributed by atoms with E-state index in [4.69, 9.17) is 0 Å². The van der Waals surface area contributed by atoms with Crippen molar-refractivity contribution in [2.24, 2.45) is 0 Å². The van der Waals surface area contributed by atoms with E-state index in [9.17, 15) is 0 Å². The van der Waals surface area contributed by atoms with E-state index in [0.29, 0.717) is 0 Å². The number of hydrogen-bond acceptors (Lipinski definition) is 4. The maximum absolute atomic E-state index is 4.09. The molecule has 82 valence electrons. The molecule has 0 spiro atoms. The lowest BCUT2D eigenvalue weighted by molar-refractivity contribution is 0.233. The summed E-state index contributed by atoms with van der Waals surface area (Å²) in [7, 11) is 0. The number of nitrogens with one attached hydrogen (secondary N) is 1. The Morgan fingerprint density at radius 1 is 1.36 bits per heavy atom. The molecule has 6 heteroatoms. The Bertz CT molecular complexity index is 225. The molecule has 0 unspecified atom stereocenters. The molecule has 0 amide bonds. The van der Waals surface area contributed by atoms with Gasteiger partial charge in [-0.25, -0.2) is 4.37 Å². The van der Waals surface area contributed by atoms with Gasteiger partial charge in [0.1, 0.15) is 0 Å². The van der Waals surface area contributed by atoms with Gasteiger partial charge in [-0.2, -0.15) is 0 Å². The number of nitrogens with zero attached hydrogens (tertiary/aromatic N) is 2. The Labute approximate surface area is 101 Å². The zero-order chi connectivity index (χ0) is 8.23. The first kappa shape index (κ1) is 14.1. The summed E-state index contributed by atoms with van der Waals surface area (Å²) in [6.07, 6.45) is 1.96. The maximum Gasteiger partial charge on any atom is 0.0452 e. The highest BCUT2D eigenvalue weighted by atomic mass is 35.5. The van der Waals surface area contributed by atoms with E-state index in [-0.39, 0.29) is 24.8 Å². The van der Waals surface area contributed by atoms with E-state index in [2.05, 4.69) is 20.0 Å². The Morgan fingerprint density at radius 2 is 2.07 bits per heavy atom. The van der Waals surface area contributed by atoms with E-state index < -0.39 is 0 Å². The minimum Gasteiger partial charge on any atom is -0.314 e. The van der Waals surface area contributed by atoms with Gasteiger partial charge in [0, 0.05) is 44.3 Å². The van der Waals surface area contributed by atoms with Crippen LogP contribution in [0, 0.1) is 0 Å². The van der Waals surface area contributed by atoms with Crippen molar-refractivity contribution in [2.45, 2.75) is 6.54 Å². The molecule has 14 heavy (non-hydrogen) atoms. The molecule has 0 aliphatic carbocycles. The summed E-state index contributed by atoms with van der Waals surface area (Å²) >= 11 is 1.54. The SMILES string of the molecule is Cl.Cl.c1nscc1CN1CCNCC1. The predicted molar refractivity (Wildman–Crippen MR) is 64.8 cm³/mol. The monoisotopic (exact) mass is 255 g/mol. The van der Waals surface area contributed by atoms with Crippen LogP contribution in [0.25, 0.3) is 0 Å². The molecule has 0 atom stereocenters. The molecule has 0 bridgehead atoms. The first-order valence-electron chi connectivity index (χ1n) is 4.26. The Hall–Kier alpha value is 0.130. The molecule has 0 saturated carbocycles. The Morgan fingerprint density at radius 3 is 2.64 bits per heavy atom. The van der Waals surface area contributed by atoms with E-state index in [1.807, 2.05) is 6.20 Å². The molecule has 1 saturated heterocycles. The summed E-state index contributed by atoms with van der Waals surface area (Å²) in [6.45, 7) is 5.64. The molecule has 3 nitrogen and oxygen atoms in total. The van der Waals surface area contributed by atoms with Gasteiger partial charge in [-0.1, -0.05) is 0 Å². The molecule has 2 rings (SSSR count). The standard InChI is InChI=1S/C8H13N3S.2ClH/c1-3-11(4-2-9-1)6-8-5-10-12-7-8;;/h5,7,9H,1-4,6H2;2*1H. The lowest BCUT2D eigenvalue weighted by Gasteiger charge is -2.26. The van der Waals surface area contributed by atoms with Gasteiger partial charge in [-0.05, 0) is 17.1 Å². The number of hydrogen-bond donors (Lipinski definition) is 1. The van der Waals surface area contributed by atoms with Crippen LogP contribution in [-0.4, -0.2) is 35.5 Å². The summed E-state index contributed by atoms with van der Waals surface area (Å²) in [4.78, 5) is 2.46. The molecule has 1 aromatic rings. The fourth-order valence-corrected chi connectivity index (χ4v) is 1.96. The molecular formula is C8H15Cl2N3S. The van der Waals surface area contributed by atoms with Gasteiger partial charge in [0.2, 0.25) is 0 Å². The second kappa shape index (κ2) is 7.43. The van der Waals surface area contributed by atoms with Crippen LogP contribution in [0.2, 0.25) is 0 Å². The van der Waals surface area contributed by atoms with Crippen LogP contribution >= 0.6 is 36.3 Å². The molecule has 1 aromatic heterocycles. The second-order valence-electron chi connectivity index (χ2n) is 3.06. The molecule has 1 fully saturated rings. The summed E-state index contributed by atoms with van der Waals surface area (Å²) in [6, 6.07) is 0. The average Bonchev–Trinajstić information content (AvgIpc) is 2.59. The molecule has 0 radical (unpaired) electrons. The predicted octanol–water partition coefficient (Wildman–Crippen LogP) is 1.39. The van der Waals surface area contributed by atoms with E-state index >= 15 is 0 Å². The van der Waals surface area contributed by atoms with Gasteiger partial charge in [0.05, 0.1) is 0 Å². The number of halogens is 2. The summed E-state index contributed by atoms with van der Waals surface area (Å²) < 4.78 is 4.09. The first-order chi connectivity index (χ1) is 5.95. The van der Waals surface area contributed by atoms with Crippen LogP contribution in [0.5, 0.6) is 0 Å². The van der Waals surface area contributed by atoms with Crippen LogP contribution in [0.15, 0.2) is 11.6 Å². The van der Waals surface area contributed by atoms with Crippen LogP contribution in [0.1, 0.15) is 5.56 Å². The normalized spacial score (nSPS) is 16.9. The van der Waals surface area contributed by atoms with Crippen molar-refractivity contribution >= 4 is 36.3 Å². The van der Waals surface area contributed by atoms with E-state index in [0.717, 1.165) is 32.7 Å². The van der Waals surface area contributed by atoms with E-state index in [1.165, 1.54) is 17.1 Å². The summed E-state index contributed by atoms with van der Waals surface area (Å²) in [5.41, 5.74) is 1.35. The molecule has 1 N–H and O–H groups in total. The number of rotatable bonds is 2. The molecule has 2 heterocycles. The van der Waals surface area contributed by atoms with Crippen molar-refractivity contribution in [3.05, 3.63) is 17.1 Å². The van der Waals surface area contributed by atoms with Gasteiger partial charge < -0.3 is 5.32 Å². The van der Waals surface area contributed by atoms with Crippen molar-refractivity contribution in [3.8, 4) is 0 Å². The van der Waals surface area contributed by atoms with Gasteiger partial charge in [0.25, 0.3) is 0 Å². The topological polar surface area (TPSA) is 28.2 Å². The van der Waals surface area contributed by atoms with Gasteiger partial charge in [-0.3, -0.25) is 4.90 Å². The van der Waals surface area contributed by atoms with Crippen molar-refractivity contribution in [3.63, 3.8) is 0 Å². The third-order valence-corrected chi connectivity index (χ3v) is 2.73. The van der Waals surface area contributed by atoms with Crippen LogP contribution in [0.3, 0.4) is 0 Å². The lowest BCUT2D eigenvalue weighted by Crippen LogP contribution is -2.42. The first-order valence-corrected chi connectivity index (χ1v) is 5.10. The van der Waals surface area contributed by atoms with Crippen molar-refractivity contribution < 1.29 is 0 Å². The van der Waals surface area contributed by atoms with Crippen LogP contribution in [-0.2, 0) is 6.54 Å². The lowest BCUT2D eigenvalue weighted by atomic mass is 10.3. The van der Waals surface area contributed by atoms with E-state index in [1.54, 1.807) is 0 Å². The smallest absolute Gasteiger partial charge is 0.0452 e. The molecule has 1 aliphatic heterocycles. The minimum absolute atomic E-state index is 0. The number of aromatic nitrogens is 1. The van der Waals surface area contributed by atoms with Crippen molar-refractivity contribution in [1.82, 2.24) is 14.6 Å². The van der Waals surface area contributed by atoms with Crippen molar-refractivity contribution in [2.75, 3.05) is 26.2 Å². The van der Waals surface area contributed by atoms with Crippen LogP contribution in [0.4, 0.5) is 0 Å². The van der Waals surface area contributed by atoms with Crippen LogP contribution < -0.4 is 5.32 Å². The van der Waals surface area contributed by atoms with Gasteiger partial charge in [-0.15, -0.1) is 24.8 Å². The Kier molecular flexibility index (Phi) is 7.49. The average molecular weight is 256 g/mol. The quantitative estimate of drug-likeness (QED) is 0.866.